The fourth-order valence-corrected chi connectivity index (χ4v) is 5.56. The van der Waals surface area contributed by atoms with E-state index in [1.165, 1.54) is 12.8 Å². The van der Waals surface area contributed by atoms with Crippen LogP contribution in [0.5, 0.6) is 5.75 Å². The van der Waals surface area contributed by atoms with E-state index in [2.05, 4.69) is 32.0 Å². The quantitative estimate of drug-likeness (QED) is 0.189. The standard InChI is InChI=1S/C22H28Cl2N6OS/c23-18-13-26-14-19(24)21(18)29-10-8-28(9-11-29)20(15-4-3-7-17(31)12-15)22(27-32)30(25)16-5-1-2-6-16/h3-4,7,12-14,16,20,31-32H,1-2,5-6,8-11,25H2. The Balaban J connectivity index is 1.60. The van der Waals surface area contributed by atoms with Gasteiger partial charge in [-0.1, -0.05) is 48.2 Å². The van der Waals surface area contributed by atoms with Crippen LogP contribution in [0, 0.1) is 0 Å². The largest absolute Gasteiger partial charge is 0.508 e. The van der Waals surface area contributed by atoms with E-state index in [4.69, 9.17) is 29.0 Å². The van der Waals surface area contributed by atoms with Crippen molar-refractivity contribution >= 4 is 47.5 Å². The van der Waals surface area contributed by atoms with Crippen molar-refractivity contribution in [2.24, 2.45) is 10.2 Å². The first kappa shape index (κ1) is 23.4. The van der Waals surface area contributed by atoms with E-state index in [0.29, 0.717) is 15.9 Å². The summed E-state index contributed by atoms with van der Waals surface area (Å²) in [7, 11) is 0. The number of phenols is 1. The summed E-state index contributed by atoms with van der Waals surface area (Å²) in [6, 6.07) is 7.30. The third-order valence-corrected chi connectivity index (χ3v) is 7.10. The molecule has 172 valence electrons. The summed E-state index contributed by atoms with van der Waals surface area (Å²) < 4.78 is 4.34. The number of phenolic OH excluding ortho intramolecular Hbond substituents is 1. The molecule has 0 amide bonds. The monoisotopic (exact) mass is 494 g/mol. The van der Waals surface area contributed by atoms with Gasteiger partial charge in [-0.2, -0.15) is 0 Å². The van der Waals surface area contributed by atoms with E-state index in [-0.39, 0.29) is 17.8 Å². The van der Waals surface area contributed by atoms with Gasteiger partial charge in [-0.3, -0.25) is 14.9 Å². The minimum absolute atomic E-state index is 0.212. The number of anilines is 1. The Bertz CT molecular complexity index is 943. The predicted octanol–water partition coefficient (Wildman–Crippen LogP) is 4.32. The number of nitrogens with zero attached hydrogens (tertiary/aromatic N) is 5. The maximum Gasteiger partial charge on any atom is 0.148 e. The van der Waals surface area contributed by atoms with Crippen LogP contribution in [0.4, 0.5) is 5.69 Å². The van der Waals surface area contributed by atoms with E-state index in [0.717, 1.165) is 50.3 Å². The smallest absolute Gasteiger partial charge is 0.148 e. The maximum atomic E-state index is 10.2. The van der Waals surface area contributed by atoms with Crippen LogP contribution in [-0.4, -0.2) is 58.1 Å². The molecule has 2 heterocycles. The van der Waals surface area contributed by atoms with Gasteiger partial charge in [-0.25, -0.2) is 10.2 Å². The second-order valence-corrected chi connectivity index (χ2v) is 9.29. The number of nitrogens with two attached hydrogens (primary N) is 1. The summed E-state index contributed by atoms with van der Waals surface area (Å²) in [6.07, 6.45) is 7.66. The van der Waals surface area contributed by atoms with E-state index in [1.54, 1.807) is 29.5 Å². The molecule has 1 saturated heterocycles. The van der Waals surface area contributed by atoms with Crippen molar-refractivity contribution in [3.63, 3.8) is 0 Å². The van der Waals surface area contributed by atoms with E-state index >= 15 is 0 Å². The number of piperazine rings is 1. The van der Waals surface area contributed by atoms with Gasteiger partial charge < -0.3 is 10.0 Å². The van der Waals surface area contributed by atoms with Crippen LogP contribution in [0.2, 0.25) is 10.0 Å². The molecule has 7 nitrogen and oxygen atoms in total. The molecular formula is C22H28Cl2N6OS. The fourth-order valence-electron chi connectivity index (χ4n) is 4.75. The van der Waals surface area contributed by atoms with Crippen LogP contribution in [0.25, 0.3) is 0 Å². The third kappa shape index (κ3) is 4.94. The Morgan fingerprint density at radius 3 is 2.41 bits per heavy atom. The lowest BCUT2D eigenvalue weighted by atomic mass is 10.0. The summed E-state index contributed by atoms with van der Waals surface area (Å²) >= 11 is 17.1. The Hall–Kier alpha value is -1.71. The van der Waals surface area contributed by atoms with Gasteiger partial charge in [-0.15, -0.1) is 0 Å². The van der Waals surface area contributed by atoms with Crippen LogP contribution in [0.1, 0.15) is 37.3 Å². The average molecular weight is 495 g/mol. The SMILES string of the molecule is NN(C(=NS)C(c1cccc(O)c1)N1CCN(c2c(Cl)cncc2Cl)CC1)C1CCCC1. The zero-order valence-corrected chi connectivity index (χ0v) is 20.1. The topological polar surface area (TPSA) is 81.2 Å². The number of thiol groups is 1. The van der Waals surface area contributed by atoms with Crippen LogP contribution >= 0.6 is 36.0 Å². The molecule has 0 bridgehead atoms. The van der Waals surface area contributed by atoms with Gasteiger partial charge in [0, 0.05) is 44.6 Å². The van der Waals surface area contributed by atoms with Crippen LogP contribution in [0.15, 0.2) is 41.1 Å². The highest BCUT2D eigenvalue weighted by atomic mass is 35.5. The van der Waals surface area contributed by atoms with Crippen LogP contribution in [-0.2, 0) is 0 Å². The molecule has 1 aromatic heterocycles. The van der Waals surface area contributed by atoms with E-state index in [9.17, 15) is 5.11 Å². The molecule has 1 aliphatic heterocycles. The summed E-state index contributed by atoms with van der Waals surface area (Å²) in [5.74, 6) is 7.49. The highest BCUT2D eigenvalue weighted by Gasteiger charge is 2.35. The van der Waals surface area contributed by atoms with Gasteiger partial charge in [0.05, 0.1) is 21.8 Å². The molecule has 2 aromatic rings. The molecule has 1 atom stereocenters. The number of hydrogen-bond acceptors (Lipinski definition) is 7. The highest BCUT2D eigenvalue weighted by Crippen LogP contribution is 2.35. The van der Waals surface area contributed by atoms with Gasteiger partial charge in [-0.05, 0) is 43.4 Å². The molecule has 1 unspecified atom stereocenters. The molecule has 4 rings (SSSR count). The van der Waals surface area contributed by atoms with Crippen molar-refractivity contribution in [2.75, 3.05) is 31.1 Å². The first-order valence-corrected chi connectivity index (χ1v) is 12.0. The molecule has 0 spiro atoms. The zero-order chi connectivity index (χ0) is 22.7. The summed E-state index contributed by atoms with van der Waals surface area (Å²) in [5.41, 5.74) is 1.74. The zero-order valence-electron chi connectivity index (χ0n) is 17.7. The number of aromatic hydroxyl groups is 1. The first-order chi connectivity index (χ1) is 15.5. The van der Waals surface area contributed by atoms with Crippen molar-refractivity contribution in [3.8, 4) is 5.75 Å². The fraction of sp³-hybridized carbons (Fsp3) is 0.455. The Labute approximate surface area is 204 Å². The van der Waals surface area contributed by atoms with Crippen molar-refractivity contribution in [1.82, 2.24) is 14.9 Å². The second kappa shape index (κ2) is 10.5. The van der Waals surface area contributed by atoms with Crippen molar-refractivity contribution < 1.29 is 5.11 Å². The predicted molar refractivity (Wildman–Crippen MR) is 134 cm³/mol. The van der Waals surface area contributed by atoms with Gasteiger partial charge in [0.2, 0.25) is 0 Å². The lowest BCUT2D eigenvalue weighted by Crippen LogP contribution is -2.54. The first-order valence-electron chi connectivity index (χ1n) is 10.8. The molecule has 2 fully saturated rings. The van der Waals surface area contributed by atoms with Crippen molar-refractivity contribution in [1.29, 1.82) is 0 Å². The number of hydrazine groups is 1. The molecule has 0 radical (unpaired) electrons. The number of rotatable bonds is 5. The molecular weight excluding hydrogens is 467 g/mol. The Kier molecular flexibility index (Phi) is 7.68. The van der Waals surface area contributed by atoms with Crippen molar-refractivity contribution in [3.05, 3.63) is 52.3 Å². The average Bonchev–Trinajstić information content (AvgIpc) is 3.32. The Morgan fingerprint density at radius 2 is 1.81 bits per heavy atom. The number of halogens is 2. The molecule has 3 N–H and O–H groups in total. The highest BCUT2D eigenvalue weighted by molar-refractivity contribution is 7.79. The molecule has 2 aliphatic rings. The van der Waals surface area contributed by atoms with Gasteiger partial charge in [0.15, 0.2) is 0 Å². The second-order valence-electron chi connectivity index (χ2n) is 8.28. The number of hydrogen-bond donors (Lipinski definition) is 3. The lowest BCUT2D eigenvalue weighted by Gasteiger charge is -2.43. The van der Waals surface area contributed by atoms with E-state index < -0.39 is 0 Å². The maximum absolute atomic E-state index is 10.2. The normalized spacial score (nSPS) is 19.4. The van der Waals surface area contributed by atoms with Gasteiger partial charge in [0.25, 0.3) is 0 Å². The minimum atomic E-state index is -0.226. The number of benzene rings is 1. The van der Waals surface area contributed by atoms with Crippen LogP contribution in [0.3, 0.4) is 0 Å². The number of amidine groups is 1. The summed E-state index contributed by atoms with van der Waals surface area (Å²) in [6.45, 7) is 2.93. The minimum Gasteiger partial charge on any atom is -0.508 e. The summed E-state index contributed by atoms with van der Waals surface area (Å²) in [4.78, 5) is 8.55. The summed E-state index contributed by atoms with van der Waals surface area (Å²) in [5, 5.41) is 13.0. The third-order valence-electron chi connectivity index (χ3n) is 6.34. The lowest BCUT2D eigenvalue weighted by molar-refractivity contribution is 0.205. The number of aromatic nitrogens is 1. The molecule has 10 heteroatoms. The van der Waals surface area contributed by atoms with Crippen molar-refractivity contribution in [2.45, 2.75) is 37.8 Å². The van der Waals surface area contributed by atoms with Gasteiger partial charge >= 0.3 is 0 Å². The molecule has 1 saturated carbocycles. The molecule has 32 heavy (non-hydrogen) atoms. The number of pyridine rings is 1. The molecule has 1 aliphatic carbocycles. The van der Waals surface area contributed by atoms with Gasteiger partial charge in [0.1, 0.15) is 11.6 Å². The van der Waals surface area contributed by atoms with Crippen LogP contribution < -0.4 is 10.7 Å². The Morgan fingerprint density at radius 1 is 1.16 bits per heavy atom. The molecule has 1 aromatic carbocycles. The van der Waals surface area contributed by atoms with E-state index in [1.807, 2.05) is 12.1 Å².